The fourth-order valence-corrected chi connectivity index (χ4v) is 3.01. The second kappa shape index (κ2) is 6.27. The number of likely N-dealkylation sites (tertiary alicyclic amines) is 1. The lowest BCUT2D eigenvalue weighted by Crippen LogP contribution is -2.39. The average molecular weight is 278 g/mol. The summed E-state index contributed by atoms with van der Waals surface area (Å²) in [5.74, 6) is 0. The van der Waals surface area contributed by atoms with E-state index in [1.807, 2.05) is 13.1 Å². The van der Waals surface area contributed by atoms with E-state index in [0.717, 1.165) is 18.8 Å². The molecule has 3 nitrogen and oxygen atoms in total. The van der Waals surface area contributed by atoms with Crippen molar-refractivity contribution in [1.29, 1.82) is 5.26 Å². The summed E-state index contributed by atoms with van der Waals surface area (Å²) in [6, 6.07) is 8.27. The summed E-state index contributed by atoms with van der Waals surface area (Å²) in [4.78, 5) is 4.66. The number of hydrogen-bond donors (Lipinski definition) is 0. The molecule has 0 aromatic heterocycles. The van der Waals surface area contributed by atoms with Gasteiger partial charge in [-0.3, -0.25) is 4.90 Å². The van der Waals surface area contributed by atoms with Crippen LogP contribution in [0.1, 0.15) is 25.3 Å². The molecule has 1 heterocycles. The van der Waals surface area contributed by atoms with Crippen molar-refractivity contribution >= 4 is 17.3 Å². The van der Waals surface area contributed by atoms with Gasteiger partial charge >= 0.3 is 0 Å². The Hall–Kier alpha value is -1.24. The van der Waals surface area contributed by atoms with Gasteiger partial charge in [-0.25, -0.2) is 0 Å². The number of anilines is 1. The van der Waals surface area contributed by atoms with E-state index in [1.54, 1.807) is 12.1 Å². The fraction of sp³-hybridized carbons (Fsp3) is 0.533. The maximum Gasteiger partial charge on any atom is 0.101 e. The Morgan fingerprint density at radius 1 is 1.53 bits per heavy atom. The van der Waals surface area contributed by atoms with E-state index in [9.17, 15) is 5.26 Å². The van der Waals surface area contributed by atoms with Gasteiger partial charge in [0, 0.05) is 24.7 Å². The topological polar surface area (TPSA) is 30.3 Å². The molecule has 19 heavy (non-hydrogen) atoms. The van der Waals surface area contributed by atoms with Gasteiger partial charge in [-0.1, -0.05) is 18.5 Å². The first-order valence-corrected chi connectivity index (χ1v) is 7.18. The van der Waals surface area contributed by atoms with Crippen LogP contribution in [0, 0.1) is 11.3 Å². The van der Waals surface area contributed by atoms with Crippen molar-refractivity contribution in [2.24, 2.45) is 0 Å². The molecule has 1 aliphatic heterocycles. The van der Waals surface area contributed by atoms with Gasteiger partial charge in [0.05, 0.1) is 11.3 Å². The van der Waals surface area contributed by atoms with Crippen molar-refractivity contribution in [3.8, 4) is 6.07 Å². The summed E-state index contributed by atoms with van der Waals surface area (Å²) in [7, 11) is 2.04. The molecule has 0 spiro atoms. The lowest BCUT2D eigenvalue weighted by atomic mass is 10.1. The van der Waals surface area contributed by atoms with Gasteiger partial charge in [-0.05, 0) is 44.1 Å². The van der Waals surface area contributed by atoms with E-state index in [0.29, 0.717) is 16.6 Å². The number of halogens is 1. The number of hydrogen-bond acceptors (Lipinski definition) is 3. The Labute approximate surface area is 120 Å². The minimum atomic E-state index is 0.584. The number of nitrogens with zero attached hydrogens (tertiary/aromatic N) is 3. The lowest BCUT2D eigenvalue weighted by Gasteiger charge is -2.29. The Balaban J connectivity index is 2.13. The standard InChI is InChI=1S/C15H20ClN3/c1-3-19-8-4-5-14(19)11-18(2)15-9-13(16)7-6-12(15)10-17/h6-7,9,14H,3-5,8,11H2,1-2H3. The molecule has 1 aliphatic rings. The van der Waals surface area contributed by atoms with Crippen LogP contribution in [0.4, 0.5) is 5.69 Å². The van der Waals surface area contributed by atoms with E-state index < -0.39 is 0 Å². The average Bonchev–Trinajstić information content (AvgIpc) is 2.85. The Bertz CT molecular complexity index is 481. The van der Waals surface area contributed by atoms with Gasteiger partial charge < -0.3 is 4.90 Å². The molecule has 0 radical (unpaired) electrons. The van der Waals surface area contributed by atoms with Crippen molar-refractivity contribution in [2.45, 2.75) is 25.8 Å². The minimum Gasteiger partial charge on any atom is -0.372 e. The summed E-state index contributed by atoms with van der Waals surface area (Å²) in [5.41, 5.74) is 1.62. The number of nitriles is 1. The molecule has 0 bridgehead atoms. The smallest absolute Gasteiger partial charge is 0.101 e. The van der Waals surface area contributed by atoms with Crippen LogP contribution in [0.3, 0.4) is 0 Å². The molecule has 0 N–H and O–H groups in total. The quantitative estimate of drug-likeness (QED) is 0.847. The Morgan fingerprint density at radius 3 is 3.00 bits per heavy atom. The maximum absolute atomic E-state index is 9.19. The highest BCUT2D eigenvalue weighted by Gasteiger charge is 2.24. The zero-order chi connectivity index (χ0) is 13.8. The normalized spacial score (nSPS) is 19.4. The number of likely N-dealkylation sites (N-methyl/N-ethyl adjacent to an activating group) is 2. The molecule has 1 atom stereocenters. The zero-order valence-corrected chi connectivity index (χ0v) is 12.3. The van der Waals surface area contributed by atoms with Gasteiger partial charge in [0.1, 0.15) is 6.07 Å². The molecule has 0 aliphatic carbocycles. The van der Waals surface area contributed by atoms with Crippen LogP contribution in [0.15, 0.2) is 18.2 Å². The third-order valence-corrected chi connectivity index (χ3v) is 4.12. The van der Waals surface area contributed by atoms with Crippen LogP contribution in [-0.2, 0) is 0 Å². The summed E-state index contributed by atoms with van der Waals surface area (Å²) >= 11 is 6.04. The molecule has 102 valence electrons. The molecule has 0 amide bonds. The van der Waals surface area contributed by atoms with E-state index in [2.05, 4.69) is 22.8 Å². The highest BCUT2D eigenvalue weighted by Crippen LogP contribution is 2.25. The van der Waals surface area contributed by atoms with Crippen molar-refractivity contribution in [2.75, 3.05) is 31.6 Å². The van der Waals surface area contributed by atoms with Gasteiger partial charge in [0.2, 0.25) is 0 Å². The predicted octanol–water partition coefficient (Wildman–Crippen LogP) is 3.13. The second-order valence-electron chi connectivity index (χ2n) is 5.08. The van der Waals surface area contributed by atoms with Gasteiger partial charge in [0.25, 0.3) is 0 Å². The molecule has 1 aromatic rings. The molecule has 4 heteroatoms. The van der Waals surface area contributed by atoms with E-state index >= 15 is 0 Å². The van der Waals surface area contributed by atoms with Crippen LogP contribution < -0.4 is 4.90 Å². The van der Waals surface area contributed by atoms with Gasteiger partial charge in [0.15, 0.2) is 0 Å². The van der Waals surface area contributed by atoms with Gasteiger partial charge in [-0.15, -0.1) is 0 Å². The monoisotopic (exact) mass is 277 g/mol. The molecular formula is C15H20ClN3. The van der Waals surface area contributed by atoms with E-state index in [-0.39, 0.29) is 0 Å². The number of rotatable bonds is 4. The minimum absolute atomic E-state index is 0.584. The molecule has 1 fully saturated rings. The third kappa shape index (κ3) is 3.20. The van der Waals surface area contributed by atoms with Crippen molar-refractivity contribution in [3.63, 3.8) is 0 Å². The van der Waals surface area contributed by atoms with E-state index in [1.165, 1.54) is 19.4 Å². The fourth-order valence-electron chi connectivity index (χ4n) is 2.85. The maximum atomic E-state index is 9.19. The largest absolute Gasteiger partial charge is 0.372 e. The first-order valence-electron chi connectivity index (χ1n) is 6.80. The van der Waals surface area contributed by atoms with Crippen LogP contribution in [0.5, 0.6) is 0 Å². The first kappa shape index (κ1) is 14.2. The highest BCUT2D eigenvalue weighted by molar-refractivity contribution is 6.30. The SMILES string of the molecule is CCN1CCCC1CN(C)c1cc(Cl)ccc1C#N. The van der Waals surface area contributed by atoms with Crippen molar-refractivity contribution < 1.29 is 0 Å². The van der Waals surface area contributed by atoms with Crippen LogP contribution in [-0.4, -0.2) is 37.6 Å². The molecule has 0 saturated carbocycles. The van der Waals surface area contributed by atoms with E-state index in [4.69, 9.17) is 11.6 Å². The predicted molar refractivity (Wildman–Crippen MR) is 79.7 cm³/mol. The molecule has 1 unspecified atom stereocenters. The van der Waals surface area contributed by atoms with Crippen LogP contribution in [0.25, 0.3) is 0 Å². The summed E-state index contributed by atoms with van der Waals surface area (Å²) in [6.07, 6.45) is 2.51. The highest BCUT2D eigenvalue weighted by atomic mass is 35.5. The lowest BCUT2D eigenvalue weighted by molar-refractivity contribution is 0.270. The van der Waals surface area contributed by atoms with Gasteiger partial charge in [-0.2, -0.15) is 5.26 Å². The molecule has 1 aromatic carbocycles. The van der Waals surface area contributed by atoms with Crippen LogP contribution >= 0.6 is 11.6 Å². The Morgan fingerprint density at radius 2 is 2.32 bits per heavy atom. The summed E-state index contributed by atoms with van der Waals surface area (Å²) in [5, 5.41) is 9.87. The first-order chi connectivity index (χ1) is 9.15. The third-order valence-electron chi connectivity index (χ3n) is 3.88. The zero-order valence-electron chi connectivity index (χ0n) is 11.6. The number of benzene rings is 1. The Kier molecular flexibility index (Phi) is 4.68. The second-order valence-corrected chi connectivity index (χ2v) is 5.51. The van der Waals surface area contributed by atoms with Crippen molar-refractivity contribution in [1.82, 2.24) is 4.90 Å². The molecular weight excluding hydrogens is 258 g/mol. The van der Waals surface area contributed by atoms with Crippen LogP contribution in [0.2, 0.25) is 5.02 Å². The van der Waals surface area contributed by atoms with Crippen molar-refractivity contribution in [3.05, 3.63) is 28.8 Å². The molecule has 1 saturated heterocycles. The summed E-state index contributed by atoms with van der Waals surface area (Å²) < 4.78 is 0. The summed E-state index contributed by atoms with van der Waals surface area (Å²) in [6.45, 7) is 5.44. The molecule has 2 rings (SSSR count).